The second-order valence-electron chi connectivity index (χ2n) is 3.01. The number of benzene rings is 1. The van der Waals surface area contributed by atoms with Gasteiger partial charge in [0.2, 0.25) is 0 Å². The standard InChI is InChI=1S/C11H9FN2O/c1-15-11-3-8(2-10(12)4-11)9-5-13-7-14-6-9/h2-7H,1H3. The Bertz CT molecular complexity index is 459. The van der Waals surface area contributed by atoms with Crippen molar-refractivity contribution in [1.29, 1.82) is 0 Å². The lowest BCUT2D eigenvalue weighted by Crippen LogP contribution is -1.88. The van der Waals surface area contributed by atoms with Gasteiger partial charge in [-0.25, -0.2) is 14.4 Å². The number of aromatic nitrogens is 2. The summed E-state index contributed by atoms with van der Waals surface area (Å²) >= 11 is 0. The first-order valence-corrected chi connectivity index (χ1v) is 4.39. The van der Waals surface area contributed by atoms with E-state index in [2.05, 4.69) is 9.97 Å². The number of nitrogens with zero attached hydrogens (tertiary/aromatic N) is 2. The first-order valence-electron chi connectivity index (χ1n) is 4.39. The number of methoxy groups -OCH3 is 1. The van der Waals surface area contributed by atoms with Crippen molar-refractivity contribution in [2.45, 2.75) is 0 Å². The van der Waals surface area contributed by atoms with Crippen molar-refractivity contribution in [2.24, 2.45) is 0 Å². The Morgan fingerprint density at radius 3 is 2.47 bits per heavy atom. The second-order valence-corrected chi connectivity index (χ2v) is 3.01. The lowest BCUT2D eigenvalue weighted by Gasteiger charge is -2.04. The molecule has 0 atom stereocenters. The first-order chi connectivity index (χ1) is 7.29. The van der Waals surface area contributed by atoms with E-state index in [1.165, 1.54) is 25.6 Å². The first kappa shape index (κ1) is 9.58. The summed E-state index contributed by atoms with van der Waals surface area (Å²) < 4.78 is 18.2. The maximum atomic E-state index is 13.2. The maximum Gasteiger partial charge on any atom is 0.127 e. The molecule has 4 heteroatoms. The van der Waals surface area contributed by atoms with E-state index < -0.39 is 0 Å². The third-order valence-electron chi connectivity index (χ3n) is 2.00. The van der Waals surface area contributed by atoms with Crippen LogP contribution in [0.1, 0.15) is 0 Å². The highest BCUT2D eigenvalue weighted by Gasteiger charge is 2.03. The topological polar surface area (TPSA) is 35.0 Å². The van der Waals surface area contributed by atoms with Crippen LogP contribution in [0.4, 0.5) is 4.39 Å². The molecule has 0 aliphatic carbocycles. The third kappa shape index (κ3) is 2.10. The van der Waals surface area contributed by atoms with Crippen LogP contribution in [-0.2, 0) is 0 Å². The molecule has 0 N–H and O–H groups in total. The smallest absolute Gasteiger partial charge is 0.127 e. The molecule has 2 aromatic rings. The van der Waals surface area contributed by atoms with Crippen LogP contribution in [0.5, 0.6) is 5.75 Å². The van der Waals surface area contributed by atoms with Gasteiger partial charge in [-0.2, -0.15) is 0 Å². The van der Waals surface area contributed by atoms with Gasteiger partial charge in [0, 0.05) is 24.0 Å². The molecule has 0 aliphatic heterocycles. The quantitative estimate of drug-likeness (QED) is 0.752. The molecule has 0 saturated carbocycles. The highest BCUT2D eigenvalue weighted by molar-refractivity contribution is 5.63. The SMILES string of the molecule is COc1cc(F)cc(-c2cncnc2)c1. The van der Waals surface area contributed by atoms with Gasteiger partial charge >= 0.3 is 0 Å². The Kier molecular flexibility index (Phi) is 2.58. The molecule has 0 bridgehead atoms. The number of halogens is 1. The Morgan fingerprint density at radius 2 is 1.80 bits per heavy atom. The summed E-state index contributed by atoms with van der Waals surface area (Å²) in [5.41, 5.74) is 1.46. The summed E-state index contributed by atoms with van der Waals surface area (Å²) in [7, 11) is 1.50. The number of hydrogen-bond acceptors (Lipinski definition) is 3. The van der Waals surface area contributed by atoms with Gasteiger partial charge in [-0.1, -0.05) is 0 Å². The molecule has 0 radical (unpaired) electrons. The van der Waals surface area contributed by atoms with Crippen LogP contribution in [0.3, 0.4) is 0 Å². The van der Waals surface area contributed by atoms with Gasteiger partial charge in [0.05, 0.1) is 7.11 Å². The minimum Gasteiger partial charge on any atom is -0.497 e. The van der Waals surface area contributed by atoms with Gasteiger partial charge in [-0.05, 0) is 17.7 Å². The molecular weight excluding hydrogens is 195 g/mol. The summed E-state index contributed by atoms with van der Waals surface area (Å²) in [5.74, 6) is 0.141. The van der Waals surface area contributed by atoms with Gasteiger partial charge in [-0.3, -0.25) is 0 Å². The van der Waals surface area contributed by atoms with Crippen molar-refractivity contribution in [1.82, 2.24) is 9.97 Å². The molecule has 1 heterocycles. The van der Waals surface area contributed by atoms with Crippen molar-refractivity contribution in [3.8, 4) is 16.9 Å². The van der Waals surface area contributed by atoms with Gasteiger partial charge in [0.15, 0.2) is 0 Å². The zero-order valence-electron chi connectivity index (χ0n) is 8.14. The molecule has 0 saturated heterocycles. The van der Waals surface area contributed by atoms with Crippen LogP contribution in [0.25, 0.3) is 11.1 Å². The highest BCUT2D eigenvalue weighted by Crippen LogP contribution is 2.24. The molecule has 2 rings (SSSR count). The highest BCUT2D eigenvalue weighted by atomic mass is 19.1. The van der Waals surface area contributed by atoms with E-state index in [9.17, 15) is 4.39 Å². The van der Waals surface area contributed by atoms with E-state index in [-0.39, 0.29) is 5.82 Å². The van der Waals surface area contributed by atoms with Crippen molar-refractivity contribution < 1.29 is 9.13 Å². The number of hydrogen-bond donors (Lipinski definition) is 0. The van der Waals surface area contributed by atoms with Crippen molar-refractivity contribution in [3.63, 3.8) is 0 Å². The minimum atomic E-state index is -0.340. The van der Waals surface area contributed by atoms with E-state index >= 15 is 0 Å². The number of rotatable bonds is 2. The van der Waals surface area contributed by atoms with Crippen LogP contribution < -0.4 is 4.74 Å². The van der Waals surface area contributed by atoms with Gasteiger partial charge in [0.1, 0.15) is 17.9 Å². The normalized spacial score (nSPS) is 10.0. The van der Waals surface area contributed by atoms with E-state index in [1.807, 2.05) is 0 Å². The Morgan fingerprint density at radius 1 is 1.07 bits per heavy atom. The van der Waals surface area contributed by atoms with Crippen LogP contribution in [0.15, 0.2) is 36.9 Å². The predicted molar refractivity (Wildman–Crippen MR) is 54.0 cm³/mol. The molecule has 1 aromatic heterocycles. The fraction of sp³-hybridized carbons (Fsp3) is 0.0909. The third-order valence-corrected chi connectivity index (χ3v) is 2.00. The Hall–Kier alpha value is -1.97. The van der Waals surface area contributed by atoms with Crippen molar-refractivity contribution in [2.75, 3.05) is 7.11 Å². The minimum absolute atomic E-state index is 0.340. The Labute approximate surface area is 86.6 Å². The average molecular weight is 204 g/mol. The molecule has 76 valence electrons. The monoisotopic (exact) mass is 204 g/mol. The molecule has 3 nitrogen and oxygen atoms in total. The summed E-state index contributed by atoms with van der Waals surface area (Å²) in [4.78, 5) is 7.74. The van der Waals surface area contributed by atoms with E-state index in [1.54, 1.807) is 18.5 Å². The predicted octanol–water partition coefficient (Wildman–Crippen LogP) is 2.29. The summed E-state index contributed by atoms with van der Waals surface area (Å²) in [6.07, 6.45) is 4.68. The van der Waals surface area contributed by atoms with E-state index in [0.29, 0.717) is 11.3 Å². The van der Waals surface area contributed by atoms with E-state index in [4.69, 9.17) is 4.74 Å². The molecule has 0 spiro atoms. The summed E-state index contributed by atoms with van der Waals surface area (Å²) in [6, 6.07) is 4.48. The molecule has 1 aromatic carbocycles. The molecule has 0 unspecified atom stereocenters. The fourth-order valence-corrected chi connectivity index (χ4v) is 1.30. The molecule has 0 fully saturated rings. The molecule has 15 heavy (non-hydrogen) atoms. The summed E-state index contributed by atoms with van der Waals surface area (Å²) in [5, 5.41) is 0. The van der Waals surface area contributed by atoms with Gasteiger partial charge < -0.3 is 4.74 Å². The Balaban J connectivity index is 2.49. The van der Waals surface area contributed by atoms with Crippen LogP contribution in [0.2, 0.25) is 0 Å². The second kappa shape index (κ2) is 4.04. The fourth-order valence-electron chi connectivity index (χ4n) is 1.30. The summed E-state index contributed by atoms with van der Waals surface area (Å²) in [6.45, 7) is 0. The van der Waals surface area contributed by atoms with Crippen LogP contribution in [0, 0.1) is 5.82 Å². The zero-order chi connectivity index (χ0) is 10.7. The average Bonchev–Trinajstić information content (AvgIpc) is 2.29. The molecule has 0 aliphatic rings. The van der Waals surface area contributed by atoms with Crippen LogP contribution >= 0.6 is 0 Å². The molecule has 0 amide bonds. The number of ether oxygens (including phenoxy) is 1. The van der Waals surface area contributed by atoms with Gasteiger partial charge in [-0.15, -0.1) is 0 Å². The molecular formula is C11H9FN2O. The van der Waals surface area contributed by atoms with Crippen LogP contribution in [-0.4, -0.2) is 17.1 Å². The largest absolute Gasteiger partial charge is 0.497 e. The van der Waals surface area contributed by atoms with Gasteiger partial charge in [0.25, 0.3) is 0 Å². The maximum absolute atomic E-state index is 13.2. The zero-order valence-corrected chi connectivity index (χ0v) is 8.14. The lowest BCUT2D eigenvalue weighted by atomic mass is 10.1. The lowest BCUT2D eigenvalue weighted by molar-refractivity contribution is 0.411. The van der Waals surface area contributed by atoms with E-state index in [0.717, 1.165) is 5.56 Å². The van der Waals surface area contributed by atoms with Crippen molar-refractivity contribution >= 4 is 0 Å². The van der Waals surface area contributed by atoms with Crippen molar-refractivity contribution in [3.05, 3.63) is 42.7 Å².